The first-order chi connectivity index (χ1) is 5.49. The van der Waals surface area contributed by atoms with E-state index in [2.05, 4.69) is 41.5 Å². The van der Waals surface area contributed by atoms with Gasteiger partial charge in [-0.15, -0.1) is 0 Å². The van der Waals surface area contributed by atoms with Crippen molar-refractivity contribution in [2.75, 3.05) is 0 Å². The fourth-order valence-corrected chi connectivity index (χ4v) is 1.70. The van der Waals surface area contributed by atoms with E-state index in [0.29, 0.717) is 0 Å². The van der Waals surface area contributed by atoms with Crippen molar-refractivity contribution in [1.29, 1.82) is 0 Å². The number of hydrogen-bond acceptors (Lipinski definition) is 0. The van der Waals surface area contributed by atoms with Crippen molar-refractivity contribution in [2.24, 2.45) is 17.8 Å². The van der Waals surface area contributed by atoms with Crippen LogP contribution >= 0.6 is 0 Å². The molecule has 0 rings (SSSR count). The summed E-state index contributed by atoms with van der Waals surface area (Å²) in [5.41, 5.74) is 0. The molecule has 0 bridgehead atoms. The lowest BCUT2D eigenvalue weighted by Gasteiger charge is -2.25. The fraction of sp³-hybridized carbons (Fsp3) is 0.917. The average molecular weight is 169 g/mol. The van der Waals surface area contributed by atoms with Crippen LogP contribution in [-0.4, -0.2) is 0 Å². The third-order valence-electron chi connectivity index (χ3n) is 2.99. The summed E-state index contributed by atoms with van der Waals surface area (Å²) >= 11 is 0. The molecule has 0 heteroatoms. The van der Waals surface area contributed by atoms with Crippen molar-refractivity contribution in [2.45, 2.75) is 54.4 Å². The second-order valence-corrected chi connectivity index (χ2v) is 4.58. The summed E-state index contributed by atoms with van der Waals surface area (Å²) in [6, 6.07) is 0. The van der Waals surface area contributed by atoms with Crippen molar-refractivity contribution in [3.8, 4) is 0 Å². The van der Waals surface area contributed by atoms with Gasteiger partial charge in [0.05, 0.1) is 0 Å². The summed E-state index contributed by atoms with van der Waals surface area (Å²) in [6.45, 7) is 13.9. The largest absolute Gasteiger partial charge is 0.0651 e. The van der Waals surface area contributed by atoms with Crippen molar-refractivity contribution in [3.05, 3.63) is 5.92 Å². The first-order valence-electron chi connectivity index (χ1n) is 5.32. The van der Waals surface area contributed by atoms with Gasteiger partial charge in [0.1, 0.15) is 0 Å². The molecule has 1 radical (unpaired) electrons. The molecule has 0 heterocycles. The van der Waals surface area contributed by atoms with Crippen LogP contribution in [0.5, 0.6) is 0 Å². The van der Waals surface area contributed by atoms with Crippen LogP contribution in [0.3, 0.4) is 0 Å². The van der Waals surface area contributed by atoms with Gasteiger partial charge in [-0.05, 0) is 30.1 Å². The van der Waals surface area contributed by atoms with Gasteiger partial charge in [0.15, 0.2) is 0 Å². The Kier molecular flexibility index (Phi) is 5.61. The Morgan fingerprint density at radius 1 is 1.00 bits per heavy atom. The SMILES string of the molecule is CCC(C)[C](C)C(C)CC(C)C. The van der Waals surface area contributed by atoms with E-state index in [0.717, 1.165) is 17.8 Å². The lowest BCUT2D eigenvalue weighted by atomic mass is 9.80. The van der Waals surface area contributed by atoms with Crippen molar-refractivity contribution in [1.82, 2.24) is 0 Å². The van der Waals surface area contributed by atoms with Gasteiger partial charge in [0, 0.05) is 0 Å². The van der Waals surface area contributed by atoms with Crippen LogP contribution in [-0.2, 0) is 0 Å². The van der Waals surface area contributed by atoms with Crippen LogP contribution in [0.15, 0.2) is 0 Å². The Morgan fingerprint density at radius 2 is 1.50 bits per heavy atom. The van der Waals surface area contributed by atoms with E-state index in [1.54, 1.807) is 5.92 Å². The first kappa shape index (κ1) is 12.0. The second kappa shape index (κ2) is 5.61. The predicted molar refractivity (Wildman–Crippen MR) is 57.0 cm³/mol. The van der Waals surface area contributed by atoms with Gasteiger partial charge in [0.2, 0.25) is 0 Å². The topological polar surface area (TPSA) is 0 Å². The van der Waals surface area contributed by atoms with Crippen LogP contribution in [0.2, 0.25) is 0 Å². The summed E-state index contributed by atoms with van der Waals surface area (Å²) in [7, 11) is 0. The Labute approximate surface area is 78.8 Å². The molecule has 0 amide bonds. The van der Waals surface area contributed by atoms with Gasteiger partial charge >= 0.3 is 0 Å². The lowest BCUT2D eigenvalue weighted by Crippen LogP contribution is -2.15. The molecule has 0 aliphatic rings. The molecule has 2 atom stereocenters. The Hall–Kier alpha value is 0. The third-order valence-corrected chi connectivity index (χ3v) is 2.99. The van der Waals surface area contributed by atoms with E-state index in [1.165, 1.54) is 12.8 Å². The van der Waals surface area contributed by atoms with E-state index >= 15 is 0 Å². The molecule has 0 nitrogen and oxygen atoms in total. The molecule has 0 aliphatic carbocycles. The molecular weight excluding hydrogens is 144 g/mol. The number of hydrogen-bond donors (Lipinski definition) is 0. The minimum absolute atomic E-state index is 0.804. The maximum atomic E-state index is 2.36. The normalized spacial score (nSPS) is 17.0. The van der Waals surface area contributed by atoms with Gasteiger partial charge in [-0.25, -0.2) is 0 Å². The van der Waals surface area contributed by atoms with Crippen molar-refractivity contribution < 1.29 is 0 Å². The molecule has 12 heavy (non-hydrogen) atoms. The highest BCUT2D eigenvalue weighted by atomic mass is 14.2. The average Bonchev–Trinajstić information content (AvgIpc) is 2.00. The Morgan fingerprint density at radius 3 is 1.83 bits per heavy atom. The van der Waals surface area contributed by atoms with E-state index < -0.39 is 0 Å². The van der Waals surface area contributed by atoms with Crippen molar-refractivity contribution >= 4 is 0 Å². The quantitative estimate of drug-likeness (QED) is 0.575. The van der Waals surface area contributed by atoms with Crippen LogP contribution in [0.4, 0.5) is 0 Å². The zero-order valence-corrected chi connectivity index (χ0v) is 9.65. The highest BCUT2D eigenvalue weighted by Gasteiger charge is 2.18. The molecule has 0 aromatic rings. The van der Waals surface area contributed by atoms with Gasteiger partial charge < -0.3 is 0 Å². The van der Waals surface area contributed by atoms with Gasteiger partial charge in [0.25, 0.3) is 0 Å². The Balaban J connectivity index is 3.83. The summed E-state index contributed by atoms with van der Waals surface area (Å²) in [4.78, 5) is 0. The maximum Gasteiger partial charge on any atom is -0.0216 e. The molecule has 0 aromatic heterocycles. The van der Waals surface area contributed by atoms with E-state index in [1.807, 2.05) is 0 Å². The summed E-state index contributed by atoms with van der Waals surface area (Å²) in [6.07, 6.45) is 2.63. The highest BCUT2D eigenvalue weighted by molar-refractivity contribution is 4.94. The van der Waals surface area contributed by atoms with E-state index in [-0.39, 0.29) is 0 Å². The van der Waals surface area contributed by atoms with E-state index in [9.17, 15) is 0 Å². The first-order valence-corrected chi connectivity index (χ1v) is 5.32. The molecule has 0 aliphatic heterocycles. The minimum atomic E-state index is 0.804. The molecule has 0 aromatic carbocycles. The second-order valence-electron chi connectivity index (χ2n) is 4.58. The molecule has 0 saturated carbocycles. The monoisotopic (exact) mass is 169 g/mol. The third kappa shape index (κ3) is 4.13. The Bertz CT molecular complexity index is 105. The van der Waals surface area contributed by atoms with Crippen LogP contribution in [0, 0.1) is 23.7 Å². The van der Waals surface area contributed by atoms with E-state index in [4.69, 9.17) is 0 Å². The summed E-state index contributed by atoms with van der Waals surface area (Å²) < 4.78 is 0. The molecule has 0 spiro atoms. The summed E-state index contributed by atoms with van der Waals surface area (Å²) in [5.74, 6) is 4.13. The molecule has 0 saturated heterocycles. The molecule has 2 unspecified atom stereocenters. The zero-order chi connectivity index (χ0) is 9.72. The standard InChI is InChI=1S/C12H25/c1-7-10(4)12(6)11(5)8-9(2)3/h9-11H,7-8H2,1-6H3. The smallest absolute Gasteiger partial charge is 0.0216 e. The fourth-order valence-electron chi connectivity index (χ4n) is 1.70. The highest BCUT2D eigenvalue weighted by Crippen LogP contribution is 2.29. The van der Waals surface area contributed by atoms with Crippen molar-refractivity contribution in [3.63, 3.8) is 0 Å². The molecule has 73 valence electrons. The summed E-state index contributed by atoms with van der Waals surface area (Å²) in [5, 5.41) is 0. The van der Waals surface area contributed by atoms with Gasteiger partial charge in [-0.3, -0.25) is 0 Å². The molecule has 0 N–H and O–H groups in total. The minimum Gasteiger partial charge on any atom is -0.0651 e. The van der Waals surface area contributed by atoms with Crippen LogP contribution in [0.25, 0.3) is 0 Å². The predicted octanol–water partition coefficient (Wildman–Crippen LogP) is 4.31. The van der Waals surface area contributed by atoms with Gasteiger partial charge in [-0.1, -0.05) is 48.0 Å². The number of rotatable bonds is 5. The lowest BCUT2D eigenvalue weighted by molar-refractivity contribution is 0.389. The maximum absolute atomic E-state index is 2.36. The molecular formula is C12H25. The van der Waals surface area contributed by atoms with Crippen LogP contribution in [0.1, 0.15) is 54.4 Å². The van der Waals surface area contributed by atoms with Crippen LogP contribution < -0.4 is 0 Å². The molecule has 0 fully saturated rings. The van der Waals surface area contributed by atoms with Gasteiger partial charge in [-0.2, -0.15) is 0 Å². The zero-order valence-electron chi connectivity index (χ0n) is 9.65.